The molecule has 0 fully saturated rings. The molecule has 0 aliphatic carbocycles. The van der Waals surface area contributed by atoms with Crippen molar-refractivity contribution in [2.75, 3.05) is 12.0 Å². The number of aryl methyl sites for hydroxylation is 1. The van der Waals surface area contributed by atoms with Gasteiger partial charge in [-0.15, -0.1) is 11.8 Å². The lowest BCUT2D eigenvalue weighted by atomic mass is 9.84. The molecule has 0 radical (unpaired) electrons. The first-order valence-electron chi connectivity index (χ1n) is 10.5. The molecule has 6 heteroatoms. The summed E-state index contributed by atoms with van der Waals surface area (Å²) < 4.78 is 29.2. The summed E-state index contributed by atoms with van der Waals surface area (Å²) in [6, 6.07) is 38.9. The number of hydrogen-bond acceptors (Lipinski definition) is 4. The average Bonchev–Trinajstić information content (AvgIpc) is 2.83. The van der Waals surface area contributed by atoms with Gasteiger partial charge in [-0.1, -0.05) is 97.1 Å². The number of nitrogens with zero attached hydrogens (tertiary/aromatic N) is 1. The molecule has 0 saturated carbocycles. The topological polar surface area (TPSA) is 61.1 Å². The van der Waals surface area contributed by atoms with Gasteiger partial charge in [-0.3, -0.25) is 0 Å². The number of rotatable bonds is 7. The lowest BCUT2D eigenvalue weighted by molar-refractivity contribution is -0.692. The number of aromatic nitrogens is 1. The molecule has 4 aromatic rings. The molecule has 4 nitrogen and oxygen atoms in total. The van der Waals surface area contributed by atoms with E-state index in [0.717, 1.165) is 12.3 Å². The quantitative estimate of drug-likeness (QED) is 0.217. The first kappa shape index (κ1) is 24.7. The van der Waals surface area contributed by atoms with Crippen LogP contribution < -0.4 is 4.57 Å². The average molecular weight is 478 g/mol. The summed E-state index contributed by atoms with van der Waals surface area (Å²) in [5.41, 5.74) is 3.95. The van der Waals surface area contributed by atoms with Gasteiger partial charge in [-0.05, 0) is 16.7 Å². The zero-order chi connectivity index (χ0) is 23.6. The monoisotopic (exact) mass is 477 g/mol. The van der Waals surface area contributed by atoms with Crippen molar-refractivity contribution < 1.29 is 17.5 Å². The van der Waals surface area contributed by atoms with E-state index in [1.54, 1.807) is 0 Å². The summed E-state index contributed by atoms with van der Waals surface area (Å²) in [5, 5.41) is 0. The van der Waals surface area contributed by atoms with Crippen molar-refractivity contribution in [1.82, 2.24) is 0 Å². The minimum Gasteiger partial charge on any atom is -0.748 e. The maximum atomic E-state index is 9.08. The molecule has 0 N–H and O–H groups in total. The molecule has 0 saturated heterocycles. The van der Waals surface area contributed by atoms with E-state index >= 15 is 0 Å². The molecule has 3 aromatic carbocycles. The Bertz CT molecular complexity index is 1100. The van der Waals surface area contributed by atoms with Crippen LogP contribution >= 0.6 is 11.8 Å². The highest BCUT2D eigenvalue weighted by Gasteiger charge is 2.36. The third kappa shape index (κ3) is 7.29. The Hall–Kier alpha value is -2.93. The van der Waals surface area contributed by atoms with Crippen molar-refractivity contribution in [2.24, 2.45) is 0 Å². The molecule has 0 bridgehead atoms. The van der Waals surface area contributed by atoms with Crippen LogP contribution in [0.5, 0.6) is 0 Å². The van der Waals surface area contributed by atoms with Crippen LogP contribution in [0.1, 0.15) is 16.7 Å². The third-order valence-electron chi connectivity index (χ3n) is 4.99. The van der Waals surface area contributed by atoms with Gasteiger partial charge in [-0.2, -0.15) is 0 Å². The van der Waals surface area contributed by atoms with Gasteiger partial charge in [0, 0.05) is 18.4 Å². The van der Waals surface area contributed by atoms with Gasteiger partial charge in [0.2, 0.25) is 0 Å². The summed E-state index contributed by atoms with van der Waals surface area (Å²) >= 11 is 2.00. The highest BCUT2D eigenvalue weighted by molar-refractivity contribution is 8.00. The minimum absolute atomic E-state index is 0.237. The lowest BCUT2D eigenvalue weighted by Gasteiger charge is -2.35. The van der Waals surface area contributed by atoms with E-state index in [1.807, 2.05) is 11.8 Å². The fourth-order valence-corrected chi connectivity index (χ4v) is 5.17. The first-order chi connectivity index (χ1) is 15.9. The molecule has 0 atom stereocenters. The summed E-state index contributed by atoms with van der Waals surface area (Å²) in [6.07, 6.45) is 4.87. The zero-order valence-corrected chi connectivity index (χ0v) is 20.1. The van der Waals surface area contributed by atoms with Gasteiger partial charge in [0.15, 0.2) is 18.9 Å². The van der Waals surface area contributed by atoms with E-state index in [0.29, 0.717) is 6.26 Å². The van der Waals surface area contributed by atoms with E-state index in [4.69, 9.17) is 13.0 Å². The van der Waals surface area contributed by atoms with Gasteiger partial charge in [0.1, 0.15) is 0 Å². The number of hydrogen-bond donors (Lipinski definition) is 0. The van der Waals surface area contributed by atoms with Crippen LogP contribution in [0.25, 0.3) is 0 Å². The summed E-state index contributed by atoms with van der Waals surface area (Å²) in [6.45, 7) is 0.972. The molecule has 1 aromatic heterocycles. The van der Waals surface area contributed by atoms with Crippen molar-refractivity contribution in [3.63, 3.8) is 0 Å². The number of pyridine rings is 1. The van der Waals surface area contributed by atoms with Gasteiger partial charge >= 0.3 is 0 Å². The maximum Gasteiger partial charge on any atom is 0.168 e. The van der Waals surface area contributed by atoms with E-state index < -0.39 is 10.1 Å². The molecule has 0 spiro atoms. The van der Waals surface area contributed by atoms with Gasteiger partial charge < -0.3 is 4.55 Å². The summed E-state index contributed by atoms with van der Waals surface area (Å²) in [5.74, 6) is 1.01. The van der Waals surface area contributed by atoms with Crippen molar-refractivity contribution in [3.8, 4) is 0 Å². The van der Waals surface area contributed by atoms with Gasteiger partial charge in [0.05, 0.1) is 20.6 Å². The fourth-order valence-electron chi connectivity index (χ4n) is 3.66. The minimum atomic E-state index is -3.92. The maximum absolute atomic E-state index is 9.08. The van der Waals surface area contributed by atoms with Crippen molar-refractivity contribution >= 4 is 21.9 Å². The standard InChI is InChI=1S/C26H24NS.CH4O3S/c1-5-13-23(14-6-1)26(24-15-7-2-8-16-24,25-17-9-3-10-18-25)28-22-21-27-19-11-4-12-20-27;1-5(2,3)4/h1-20H,21-22H2;1H3,(H,2,3,4)/q+1;/p-1. The van der Waals surface area contributed by atoms with Crippen molar-refractivity contribution in [1.29, 1.82) is 0 Å². The number of benzene rings is 3. The van der Waals surface area contributed by atoms with Crippen LogP contribution in [-0.2, 0) is 21.4 Å². The summed E-state index contributed by atoms with van der Waals surface area (Å²) in [4.78, 5) is 0. The molecule has 0 unspecified atom stereocenters. The molecule has 0 aliphatic heterocycles. The van der Waals surface area contributed by atoms with Crippen LogP contribution in [-0.4, -0.2) is 25.0 Å². The van der Waals surface area contributed by atoms with E-state index in [9.17, 15) is 0 Å². The van der Waals surface area contributed by atoms with Crippen molar-refractivity contribution in [3.05, 3.63) is 138 Å². The molecule has 0 amide bonds. The predicted octanol–water partition coefficient (Wildman–Crippen LogP) is 4.86. The highest BCUT2D eigenvalue weighted by Crippen LogP contribution is 2.48. The Morgan fingerprint density at radius 2 is 1.03 bits per heavy atom. The van der Waals surface area contributed by atoms with Gasteiger partial charge in [0.25, 0.3) is 0 Å². The molecule has 0 aliphatic rings. The normalized spacial score (nSPS) is 11.3. The molecule has 4 rings (SSSR count). The Labute approximate surface area is 200 Å². The molecular formula is C27H27NO3S2. The Morgan fingerprint density at radius 3 is 1.39 bits per heavy atom. The van der Waals surface area contributed by atoms with Crippen LogP contribution in [0.2, 0.25) is 0 Å². The van der Waals surface area contributed by atoms with Crippen molar-refractivity contribution in [2.45, 2.75) is 11.3 Å². The second-order valence-electron chi connectivity index (χ2n) is 7.45. The van der Waals surface area contributed by atoms with Crippen LogP contribution in [0, 0.1) is 0 Å². The smallest absolute Gasteiger partial charge is 0.168 e. The van der Waals surface area contributed by atoms with E-state index in [-0.39, 0.29) is 4.75 Å². The first-order valence-corrected chi connectivity index (χ1v) is 13.4. The SMILES string of the molecule is CS(=O)(=O)[O-].c1ccc(C(SCC[n+]2ccccc2)(c2ccccc2)c2ccccc2)cc1. The van der Waals surface area contributed by atoms with Crippen LogP contribution in [0.15, 0.2) is 122 Å². The molecule has 1 heterocycles. The third-order valence-corrected chi connectivity index (χ3v) is 6.51. The zero-order valence-electron chi connectivity index (χ0n) is 18.4. The van der Waals surface area contributed by atoms with E-state index in [1.165, 1.54) is 16.7 Å². The van der Waals surface area contributed by atoms with E-state index in [2.05, 4.69) is 126 Å². The molecule has 170 valence electrons. The second kappa shape index (κ2) is 11.8. The predicted molar refractivity (Wildman–Crippen MR) is 134 cm³/mol. The number of thioether (sulfide) groups is 1. The fraction of sp³-hybridized carbons (Fsp3) is 0.148. The molecular weight excluding hydrogens is 450 g/mol. The largest absolute Gasteiger partial charge is 0.748 e. The second-order valence-corrected chi connectivity index (χ2v) is 10.2. The Kier molecular flexibility index (Phi) is 8.83. The van der Waals surface area contributed by atoms with Crippen LogP contribution in [0.4, 0.5) is 0 Å². The van der Waals surface area contributed by atoms with Gasteiger partial charge in [-0.25, -0.2) is 13.0 Å². The Morgan fingerprint density at radius 1 is 0.697 bits per heavy atom. The molecule has 33 heavy (non-hydrogen) atoms. The van der Waals surface area contributed by atoms with Crippen LogP contribution in [0.3, 0.4) is 0 Å². The highest BCUT2D eigenvalue weighted by atomic mass is 32.2. The lowest BCUT2D eigenvalue weighted by Crippen LogP contribution is -2.35. The Balaban J connectivity index is 0.000000555. The summed E-state index contributed by atoms with van der Waals surface area (Å²) in [7, 11) is -3.92.